The van der Waals surface area contributed by atoms with E-state index < -0.39 is 0 Å². The van der Waals surface area contributed by atoms with Gasteiger partial charge in [-0.25, -0.2) is 4.68 Å². The number of nitrogens with zero attached hydrogens (tertiary/aromatic N) is 4. The van der Waals surface area contributed by atoms with Gasteiger partial charge in [0, 0.05) is 11.3 Å². The summed E-state index contributed by atoms with van der Waals surface area (Å²) in [6, 6.07) is 5.54. The lowest BCUT2D eigenvalue weighted by Crippen LogP contribution is -2.31. The van der Waals surface area contributed by atoms with Crippen LogP contribution in [0.4, 0.5) is 0 Å². The number of hydrogen-bond acceptors (Lipinski definition) is 7. The zero-order valence-electron chi connectivity index (χ0n) is 13.6. The van der Waals surface area contributed by atoms with Gasteiger partial charge in [-0.2, -0.15) is 0 Å². The Labute approximate surface area is 148 Å². The number of aromatic hydroxyl groups is 1. The highest BCUT2D eigenvalue weighted by Crippen LogP contribution is 2.52. The van der Waals surface area contributed by atoms with E-state index in [1.54, 1.807) is 29.6 Å². The van der Waals surface area contributed by atoms with Crippen molar-refractivity contribution in [1.82, 2.24) is 14.9 Å². The van der Waals surface area contributed by atoms with Crippen LogP contribution in [-0.2, 0) is 0 Å². The second kappa shape index (κ2) is 5.93. The minimum atomic E-state index is 0.0713. The number of thioether (sulfide) groups is 2. The van der Waals surface area contributed by atoms with E-state index in [4.69, 9.17) is 4.74 Å². The monoisotopic (exact) mass is 362 g/mol. The molecule has 3 heterocycles. The fourth-order valence-corrected chi connectivity index (χ4v) is 5.02. The zero-order chi connectivity index (χ0) is 16.8. The second-order valence-corrected chi connectivity index (χ2v) is 7.80. The van der Waals surface area contributed by atoms with Crippen LogP contribution in [0.1, 0.15) is 43.5 Å². The molecule has 1 N–H and O–H groups in total. The summed E-state index contributed by atoms with van der Waals surface area (Å²) in [5.74, 6) is 1.93. The first-order chi connectivity index (χ1) is 11.6. The molecule has 1 atom stereocenters. The predicted octanol–water partition coefficient (Wildman–Crippen LogP) is 3.79. The molecule has 0 saturated heterocycles. The second-order valence-electron chi connectivity index (χ2n) is 5.86. The molecule has 0 amide bonds. The number of fused-ring (bicyclic) bond motifs is 3. The van der Waals surface area contributed by atoms with Crippen LogP contribution in [0.25, 0.3) is 0 Å². The molecule has 2 aliphatic heterocycles. The van der Waals surface area contributed by atoms with Gasteiger partial charge in [0.05, 0.1) is 6.61 Å². The van der Waals surface area contributed by atoms with Gasteiger partial charge in [-0.05, 0) is 36.4 Å². The van der Waals surface area contributed by atoms with Crippen LogP contribution in [0.3, 0.4) is 0 Å². The number of rotatable bonds is 4. The summed E-state index contributed by atoms with van der Waals surface area (Å²) in [5, 5.41) is 25.1. The summed E-state index contributed by atoms with van der Waals surface area (Å²) in [7, 11) is 0. The molecule has 24 heavy (non-hydrogen) atoms. The standard InChI is InChI=1S/C16H18N4O2S2/c1-4-22-12-7-10(5-6-11(12)21)15-19-13(8-23-15)24-16-18-17-14(9(2)3)20(16)19/h5-9,15,21H,4H2,1-3H3. The van der Waals surface area contributed by atoms with Crippen LogP contribution in [-0.4, -0.2) is 26.6 Å². The van der Waals surface area contributed by atoms with E-state index in [9.17, 15) is 5.11 Å². The number of ether oxygens (including phenoxy) is 1. The molecule has 0 saturated carbocycles. The first kappa shape index (κ1) is 15.7. The summed E-state index contributed by atoms with van der Waals surface area (Å²) in [6.07, 6.45) is 0. The lowest BCUT2D eigenvalue weighted by atomic mass is 10.2. The first-order valence-electron chi connectivity index (χ1n) is 7.84. The Balaban J connectivity index is 1.73. The molecule has 0 fully saturated rings. The Morgan fingerprint density at radius 2 is 2.17 bits per heavy atom. The molecule has 0 spiro atoms. The Bertz CT molecular complexity index is 818. The molecule has 4 rings (SSSR count). The first-order valence-corrected chi connectivity index (χ1v) is 9.60. The van der Waals surface area contributed by atoms with E-state index in [-0.39, 0.29) is 17.0 Å². The molecule has 1 aromatic heterocycles. The van der Waals surface area contributed by atoms with Crippen molar-refractivity contribution in [3.05, 3.63) is 40.0 Å². The molecule has 2 aliphatic rings. The average molecular weight is 362 g/mol. The van der Waals surface area contributed by atoms with Crippen LogP contribution in [0, 0.1) is 0 Å². The van der Waals surface area contributed by atoms with Gasteiger partial charge in [0.2, 0.25) is 5.16 Å². The van der Waals surface area contributed by atoms with Crippen molar-refractivity contribution in [3.63, 3.8) is 0 Å². The summed E-state index contributed by atoms with van der Waals surface area (Å²) in [6.45, 7) is 6.67. The third kappa shape index (κ3) is 2.36. The molecule has 6 nitrogen and oxygen atoms in total. The fourth-order valence-electron chi connectivity index (χ4n) is 2.80. The summed E-state index contributed by atoms with van der Waals surface area (Å²) in [5.41, 5.74) is 1.07. The third-order valence-corrected chi connectivity index (χ3v) is 6.07. The SMILES string of the molecule is CCOc1cc(C2SC=C3Sc4nnc(C(C)C)n4N32)ccc1O. The van der Waals surface area contributed by atoms with Crippen molar-refractivity contribution in [2.24, 2.45) is 0 Å². The van der Waals surface area contributed by atoms with E-state index in [1.807, 2.05) is 19.1 Å². The molecule has 0 bridgehead atoms. The van der Waals surface area contributed by atoms with Gasteiger partial charge in [0.15, 0.2) is 17.3 Å². The maximum absolute atomic E-state index is 9.95. The van der Waals surface area contributed by atoms with Crippen molar-refractivity contribution < 1.29 is 9.84 Å². The highest BCUT2D eigenvalue weighted by molar-refractivity contribution is 8.07. The lowest BCUT2D eigenvalue weighted by Gasteiger charge is -2.26. The Kier molecular flexibility index (Phi) is 3.88. The number of phenols is 1. The van der Waals surface area contributed by atoms with Gasteiger partial charge in [0.25, 0.3) is 0 Å². The van der Waals surface area contributed by atoms with E-state index in [1.165, 1.54) is 0 Å². The molecule has 126 valence electrons. The van der Waals surface area contributed by atoms with Crippen LogP contribution < -0.4 is 9.75 Å². The maximum Gasteiger partial charge on any atom is 0.216 e. The zero-order valence-corrected chi connectivity index (χ0v) is 15.3. The fraction of sp³-hybridized carbons (Fsp3) is 0.375. The molecule has 2 aromatic rings. The van der Waals surface area contributed by atoms with Gasteiger partial charge < -0.3 is 9.84 Å². The molecular formula is C16H18N4O2S2. The smallest absolute Gasteiger partial charge is 0.216 e. The minimum absolute atomic E-state index is 0.0713. The van der Waals surface area contributed by atoms with Crippen LogP contribution in [0.5, 0.6) is 11.5 Å². The number of benzene rings is 1. The number of phenolic OH excluding ortho intramolecular Hbond substituents is 1. The predicted molar refractivity (Wildman–Crippen MR) is 95.9 cm³/mol. The molecule has 8 heteroatoms. The van der Waals surface area contributed by atoms with E-state index in [0.29, 0.717) is 12.4 Å². The third-order valence-electron chi connectivity index (χ3n) is 3.88. The normalized spacial score (nSPS) is 18.8. The molecular weight excluding hydrogens is 344 g/mol. The van der Waals surface area contributed by atoms with E-state index in [0.717, 1.165) is 21.6 Å². The van der Waals surface area contributed by atoms with Crippen LogP contribution in [0.2, 0.25) is 0 Å². The minimum Gasteiger partial charge on any atom is -0.504 e. The highest BCUT2D eigenvalue weighted by atomic mass is 32.2. The summed E-state index contributed by atoms with van der Waals surface area (Å²) >= 11 is 3.37. The number of aromatic nitrogens is 3. The van der Waals surface area contributed by atoms with Crippen molar-refractivity contribution in [1.29, 1.82) is 0 Å². The van der Waals surface area contributed by atoms with Crippen molar-refractivity contribution >= 4 is 23.5 Å². The van der Waals surface area contributed by atoms with Gasteiger partial charge in [0.1, 0.15) is 10.4 Å². The van der Waals surface area contributed by atoms with Gasteiger partial charge in [-0.1, -0.05) is 31.7 Å². The topological polar surface area (TPSA) is 63.4 Å². The Morgan fingerprint density at radius 3 is 2.92 bits per heavy atom. The van der Waals surface area contributed by atoms with Crippen molar-refractivity contribution in [2.45, 2.75) is 37.2 Å². The highest BCUT2D eigenvalue weighted by Gasteiger charge is 2.40. The van der Waals surface area contributed by atoms with E-state index >= 15 is 0 Å². The van der Waals surface area contributed by atoms with Crippen molar-refractivity contribution in [3.8, 4) is 11.5 Å². The van der Waals surface area contributed by atoms with Gasteiger partial charge in [-0.3, -0.25) is 5.01 Å². The average Bonchev–Trinajstić information content (AvgIpc) is 3.20. The molecule has 0 radical (unpaired) electrons. The summed E-state index contributed by atoms with van der Waals surface area (Å²) in [4.78, 5) is 0. The molecule has 1 aromatic carbocycles. The van der Waals surface area contributed by atoms with Crippen LogP contribution in [0.15, 0.2) is 33.8 Å². The number of hydrogen-bond donors (Lipinski definition) is 1. The van der Waals surface area contributed by atoms with Crippen molar-refractivity contribution in [2.75, 3.05) is 11.6 Å². The van der Waals surface area contributed by atoms with E-state index in [2.05, 4.69) is 39.1 Å². The van der Waals surface area contributed by atoms with Gasteiger partial charge >= 0.3 is 0 Å². The quantitative estimate of drug-likeness (QED) is 0.887. The lowest BCUT2D eigenvalue weighted by molar-refractivity contribution is 0.317. The molecule has 1 unspecified atom stereocenters. The summed E-state index contributed by atoms with van der Waals surface area (Å²) < 4.78 is 7.64. The largest absolute Gasteiger partial charge is 0.504 e. The molecule has 0 aliphatic carbocycles. The van der Waals surface area contributed by atoms with Crippen LogP contribution >= 0.6 is 23.5 Å². The Morgan fingerprint density at radius 1 is 1.33 bits per heavy atom. The Hall–Kier alpha value is -1.80. The van der Waals surface area contributed by atoms with Gasteiger partial charge in [-0.15, -0.1) is 10.2 Å². The maximum atomic E-state index is 9.95.